The van der Waals surface area contributed by atoms with Crippen molar-refractivity contribution >= 4 is 11.9 Å². The van der Waals surface area contributed by atoms with Crippen LogP contribution in [0.5, 0.6) is 0 Å². The van der Waals surface area contributed by atoms with Gasteiger partial charge in [0.25, 0.3) is 0 Å². The Labute approximate surface area is 146 Å². The van der Waals surface area contributed by atoms with Gasteiger partial charge in [-0.25, -0.2) is 9.59 Å². The summed E-state index contributed by atoms with van der Waals surface area (Å²) in [5.41, 5.74) is 0.704. The van der Waals surface area contributed by atoms with Gasteiger partial charge in [0.1, 0.15) is 6.61 Å². The Kier molecular flexibility index (Phi) is 5.99. The second-order valence-electron chi connectivity index (χ2n) is 5.92. The molecule has 4 unspecified atom stereocenters. The largest absolute Gasteiger partial charge is 0.463 e. The number of carbonyl (C=O) groups excluding carboxylic acids is 2. The van der Waals surface area contributed by atoms with Gasteiger partial charge < -0.3 is 28.4 Å². The average Bonchev–Trinajstić information content (AvgIpc) is 2.63. The summed E-state index contributed by atoms with van der Waals surface area (Å²) < 4.78 is 32.7. The third kappa shape index (κ3) is 3.77. The van der Waals surface area contributed by atoms with E-state index in [0.29, 0.717) is 12.0 Å². The van der Waals surface area contributed by atoms with Crippen molar-refractivity contribution in [1.29, 1.82) is 0 Å². The third-order valence-corrected chi connectivity index (χ3v) is 4.46. The molecular weight excluding hydrogens is 332 g/mol. The van der Waals surface area contributed by atoms with Crippen molar-refractivity contribution in [3.05, 3.63) is 24.3 Å². The number of carbonyl (C=O) groups is 2. The number of hydrogen-bond acceptors (Lipinski definition) is 8. The van der Waals surface area contributed by atoms with Gasteiger partial charge in [-0.2, -0.15) is 0 Å². The van der Waals surface area contributed by atoms with Gasteiger partial charge in [0.2, 0.25) is 11.6 Å². The zero-order valence-corrected chi connectivity index (χ0v) is 14.9. The fourth-order valence-corrected chi connectivity index (χ4v) is 2.56. The summed E-state index contributed by atoms with van der Waals surface area (Å²) >= 11 is 0. The zero-order chi connectivity index (χ0) is 18.7. The number of fused-ring (bicyclic) bond motifs is 1. The maximum atomic E-state index is 12.5. The molecule has 0 amide bonds. The molecular formula is C17H24O8. The number of methoxy groups -OCH3 is 2. The summed E-state index contributed by atoms with van der Waals surface area (Å²) in [6.07, 6.45) is 1.11. The first-order valence-corrected chi connectivity index (χ1v) is 7.91. The number of rotatable bonds is 3. The van der Waals surface area contributed by atoms with Gasteiger partial charge in [0.05, 0.1) is 6.61 Å². The fourth-order valence-electron chi connectivity index (χ4n) is 2.56. The summed E-state index contributed by atoms with van der Waals surface area (Å²) in [6.45, 7) is 6.89. The predicted octanol–water partition coefficient (Wildman–Crippen LogP) is 1.10. The van der Waals surface area contributed by atoms with E-state index in [1.165, 1.54) is 14.2 Å². The molecule has 8 nitrogen and oxygen atoms in total. The van der Waals surface area contributed by atoms with Crippen LogP contribution in [0, 0.1) is 0 Å². The van der Waals surface area contributed by atoms with Crippen LogP contribution in [0.2, 0.25) is 0 Å². The SMILES string of the molecule is C=C/C1=C/CCOC(=O)C2OC(C)(OC)C(C)(OC)OC2C(=O)OC1. The van der Waals surface area contributed by atoms with Gasteiger partial charge in [0, 0.05) is 20.6 Å². The molecule has 0 bridgehead atoms. The molecule has 0 N–H and O–H groups in total. The van der Waals surface area contributed by atoms with Crippen LogP contribution in [-0.2, 0) is 38.0 Å². The van der Waals surface area contributed by atoms with Crippen molar-refractivity contribution in [2.45, 2.75) is 44.1 Å². The summed E-state index contributed by atoms with van der Waals surface area (Å²) in [7, 11) is 2.77. The van der Waals surface area contributed by atoms with Gasteiger partial charge in [-0.05, 0) is 19.4 Å². The molecule has 2 heterocycles. The van der Waals surface area contributed by atoms with Crippen LogP contribution in [0.15, 0.2) is 24.3 Å². The Morgan fingerprint density at radius 2 is 1.60 bits per heavy atom. The zero-order valence-electron chi connectivity index (χ0n) is 14.9. The molecule has 0 aliphatic carbocycles. The van der Waals surface area contributed by atoms with Crippen molar-refractivity contribution < 1.29 is 38.0 Å². The highest BCUT2D eigenvalue weighted by Gasteiger charge is 2.60. The van der Waals surface area contributed by atoms with Gasteiger partial charge in [-0.3, -0.25) is 0 Å². The van der Waals surface area contributed by atoms with Crippen LogP contribution in [0.1, 0.15) is 20.3 Å². The average molecular weight is 356 g/mol. The molecule has 0 aromatic heterocycles. The first-order valence-electron chi connectivity index (χ1n) is 7.91. The van der Waals surface area contributed by atoms with Gasteiger partial charge >= 0.3 is 11.9 Å². The van der Waals surface area contributed by atoms with Crippen molar-refractivity contribution in [2.24, 2.45) is 0 Å². The maximum absolute atomic E-state index is 12.5. The number of esters is 2. The van der Waals surface area contributed by atoms with Crippen LogP contribution in [0.4, 0.5) is 0 Å². The summed E-state index contributed by atoms with van der Waals surface area (Å²) in [6, 6.07) is 0. The summed E-state index contributed by atoms with van der Waals surface area (Å²) in [4.78, 5) is 24.9. The van der Waals surface area contributed by atoms with Crippen LogP contribution in [-0.4, -0.2) is 63.2 Å². The molecule has 0 aromatic rings. The summed E-state index contributed by atoms with van der Waals surface area (Å²) in [5.74, 6) is -4.39. The van der Waals surface area contributed by atoms with Crippen LogP contribution in [0.3, 0.4) is 0 Å². The van der Waals surface area contributed by atoms with E-state index >= 15 is 0 Å². The minimum atomic E-state index is -1.44. The van der Waals surface area contributed by atoms with Crippen molar-refractivity contribution in [2.75, 3.05) is 27.4 Å². The fraction of sp³-hybridized carbons (Fsp3) is 0.647. The van der Waals surface area contributed by atoms with Crippen molar-refractivity contribution in [1.82, 2.24) is 0 Å². The molecule has 8 heteroatoms. The van der Waals surface area contributed by atoms with Crippen molar-refractivity contribution in [3.63, 3.8) is 0 Å². The van der Waals surface area contributed by atoms with Gasteiger partial charge in [0.15, 0.2) is 12.2 Å². The monoisotopic (exact) mass is 356 g/mol. The molecule has 0 spiro atoms. The maximum Gasteiger partial charge on any atom is 0.339 e. The highest BCUT2D eigenvalue weighted by atomic mass is 16.8. The Morgan fingerprint density at radius 3 is 2.08 bits per heavy atom. The Hall–Kier alpha value is -1.74. The molecule has 140 valence electrons. The molecule has 0 saturated carbocycles. The standard InChI is InChI=1S/C17H24O8/c1-6-11-8-7-9-22-14(18)12-13(15(19)23-10-11)25-17(3,21-5)16(2,20-4)24-12/h6,8,12-13H,1,7,9-10H2,2-5H3/b11-8-. The third-order valence-electron chi connectivity index (χ3n) is 4.46. The Balaban J connectivity index is 2.35. The van der Waals surface area contributed by atoms with E-state index in [0.717, 1.165) is 0 Å². The van der Waals surface area contributed by atoms with Crippen LogP contribution in [0.25, 0.3) is 0 Å². The lowest BCUT2D eigenvalue weighted by atomic mass is 10.0. The molecule has 0 radical (unpaired) electrons. The molecule has 2 aliphatic heterocycles. The van der Waals surface area contributed by atoms with E-state index in [9.17, 15) is 9.59 Å². The Bertz CT molecular complexity index is 571. The predicted molar refractivity (Wildman–Crippen MR) is 85.4 cm³/mol. The molecule has 0 aromatic carbocycles. The van der Waals surface area contributed by atoms with Crippen molar-refractivity contribution in [3.8, 4) is 0 Å². The second kappa shape index (κ2) is 7.65. The highest BCUT2D eigenvalue weighted by Crippen LogP contribution is 2.39. The minimum Gasteiger partial charge on any atom is -0.463 e. The molecule has 2 aliphatic rings. The first kappa shape index (κ1) is 19.6. The first-order chi connectivity index (χ1) is 11.8. The van der Waals surface area contributed by atoms with Gasteiger partial charge in [-0.1, -0.05) is 18.7 Å². The number of hydrogen-bond donors (Lipinski definition) is 0. The lowest BCUT2D eigenvalue weighted by Gasteiger charge is -2.50. The lowest BCUT2D eigenvalue weighted by Crippen LogP contribution is -2.68. The highest BCUT2D eigenvalue weighted by molar-refractivity contribution is 5.86. The molecule has 4 atom stereocenters. The molecule has 1 fully saturated rings. The van der Waals surface area contributed by atoms with E-state index < -0.39 is 35.7 Å². The van der Waals surface area contributed by atoms with E-state index in [-0.39, 0.29) is 13.2 Å². The summed E-state index contributed by atoms with van der Waals surface area (Å²) in [5, 5.41) is 0. The van der Waals surface area contributed by atoms with Crippen LogP contribution >= 0.6 is 0 Å². The smallest absolute Gasteiger partial charge is 0.339 e. The topological polar surface area (TPSA) is 89.5 Å². The van der Waals surface area contributed by atoms with E-state index in [2.05, 4.69) is 6.58 Å². The molecule has 1 saturated heterocycles. The number of ether oxygens (including phenoxy) is 6. The minimum absolute atomic E-state index is 0.00828. The molecule has 25 heavy (non-hydrogen) atoms. The lowest BCUT2D eigenvalue weighted by molar-refractivity contribution is -0.439. The number of cyclic esters (lactones) is 2. The van der Waals surface area contributed by atoms with Gasteiger partial charge in [-0.15, -0.1) is 0 Å². The van der Waals surface area contributed by atoms with E-state index in [4.69, 9.17) is 28.4 Å². The van der Waals surface area contributed by atoms with E-state index in [1.54, 1.807) is 26.0 Å². The second-order valence-corrected chi connectivity index (χ2v) is 5.92. The Morgan fingerprint density at radius 1 is 1.08 bits per heavy atom. The van der Waals surface area contributed by atoms with E-state index in [1.807, 2.05) is 0 Å². The normalized spacial score (nSPS) is 39.1. The van der Waals surface area contributed by atoms with Crippen LogP contribution < -0.4 is 0 Å². The molecule has 2 rings (SSSR count). The quantitative estimate of drug-likeness (QED) is 0.695.